The van der Waals surface area contributed by atoms with Crippen molar-refractivity contribution < 1.29 is 44.3 Å². The van der Waals surface area contributed by atoms with Crippen molar-refractivity contribution in [3.8, 4) is 17.2 Å². The molecular formula is C38H41N3O9. The van der Waals surface area contributed by atoms with Gasteiger partial charge >= 0.3 is 0 Å². The number of hydrogen-bond donors (Lipinski definition) is 6. The van der Waals surface area contributed by atoms with Gasteiger partial charge in [-0.1, -0.05) is 29.4 Å². The molecule has 2 heterocycles. The molecule has 1 amide bonds. The van der Waals surface area contributed by atoms with E-state index < -0.39 is 6.17 Å². The van der Waals surface area contributed by atoms with Crippen LogP contribution >= 0.6 is 0 Å². The second-order valence-electron chi connectivity index (χ2n) is 12.0. The summed E-state index contributed by atoms with van der Waals surface area (Å²) in [5, 5.41) is 49.9. The lowest BCUT2D eigenvalue weighted by molar-refractivity contribution is 0.0854. The maximum atomic E-state index is 12.6. The van der Waals surface area contributed by atoms with Gasteiger partial charge in [-0.25, -0.2) is 0 Å². The van der Waals surface area contributed by atoms with E-state index in [4.69, 9.17) is 19.0 Å². The number of benzene rings is 4. The second-order valence-corrected chi connectivity index (χ2v) is 12.0. The van der Waals surface area contributed by atoms with Gasteiger partial charge in [-0.15, -0.1) is 0 Å². The molecule has 0 aromatic heterocycles. The normalized spacial score (nSPS) is 16.5. The Balaban J connectivity index is 1.01. The molecule has 12 nitrogen and oxygen atoms in total. The van der Waals surface area contributed by atoms with Crippen LogP contribution in [0, 0.1) is 0 Å². The predicted octanol–water partition coefficient (Wildman–Crippen LogP) is 4.62. The van der Waals surface area contributed by atoms with Gasteiger partial charge in [-0.05, 0) is 89.2 Å². The number of rotatable bonds is 15. The minimum atomic E-state index is -0.427. The molecule has 0 aliphatic carbocycles. The highest BCUT2D eigenvalue weighted by Gasteiger charge is 2.27. The number of para-hydroxylation sites is 1. The number of anilines is 1. The molecule has 2 aliphatic rings. The van der Waals surface area contributed by atoms with Gasteiger partial charge in [0.1, 0.15) is 11.9 Å². The predicted molar refractivity (Wildman–Crippen MR) is 185 cm³/mol. The standard InChI is InChI=1S/C38H41N3O9/c1-47-34-11-8-23(35-18-32(41-50-35)25-15-26(19-42)30(22-45)27(16-25)20-43)17-36(34)49-13-5-4-12-48-33-10-9-24(14-28(33)21-44)37-39-31-7-3-2-6-29(31)38(46)40-37/h2-3,6-11,14-17,35,37,39,42-45H,4-5,12-13,18-22H2,1H3,(H,40,46). The van der Waals surface area contributed by atoms with E-state index in [0.717, 1.165) is 16.8 Å². The number of hydrogen-bond acceptors (Lipinski definition) is 11. The van der Waals surface area contributed by atoms with Crippen LogP contribution in [0.5, 0.6) is 17.2 Å². The molecule has 4 aromatic carbocycles. The smallest absolute Gasteiger partial charge is 0.255 e. The average Bonchev–Trinajstić information content (AvgIpc) is 3.66. The van der Waals surface area contributed by atoms with Gasteiger partial charge in [0, 0.05) is 23.2 Å². The van der Waals surface area contributed by atoms with Gasteiger partial charge in [0.15, 0.2) is 17.6 Å². The summed E-state index contributed by atoms with van der Waals surface area (Å²) in [6.45, 7) is -0.193. The van der Waals surface area contributed by atoms with Gasteiger partial charge in [0.25, 0.3) is 5.91 Å². The van der Waals surface area contributed by atoms with Crippen LogP contribution in [-0.2, 0) is 31.3 Å². The van der Waals surface area contributed by atoms with Crippen LogP contribution in [0.2, 0.25) is 0 Å². The van der Waals surface area contributed by atoms with E-state index in [1.54, 1.807) is 25.3 Å². The first kappa shape index (κ1) is 34.7. The SMILES string of the molecule is COc1ccc(C2CC(c3cc(CO)c(CO)c(CO)c3)=NO2)cc1OCCCCOc1ccc(C2NC(=O)c3ccccc3N2)cc1CO. The summed E-state index contributed by atoms with van der Waals surface area (Å²) in [7, 11) is 1.58. The Bertz CT molecular complexity index is 1840. The fourth-order valence-corrected chi connectivity index (χ4v) is 6.17. The molecule has 0 saturated heterocycles. The average molecular weight is 684 g/mol. The number of carbonyl (C=O) groups excluding carboxylic acids is 1. The van der Waals surface area contributed by atoms with E-state index in [-0.39, 0.29) is 38.4 Å². The Morgan fingerprint density at radius 2 is 1.44 bits per heavy atom. The molecule has 6 rings (SSSR count). The number of carbonyl (C=O) groups is 1. The Labute approximate surface area is 289 Å². The molecule has 6 N–H and O–H groups in total. The van der Waals surface area contributed by atoms with Gasteiger partial charge in [0.05, 0.1) is 58.0 Å². The lowest BCUT2D eigenvalue weighted by atomic mass is 9.94. The molecule has 50 heavy (non-hydrogen) atoms. The van der Waals surface area contributed by atoms with Crippen molar-refractivity contribution in [3.63, 3.8) is 0 Å². The first-order valence-corrected chi connectivity index (χ1v) is 16.5. The number of nitrogens with zero attached hydrogens (tertiary/aromatic N) is 1. The van der Waals surface area contributed by atoms with Crippen LogP contribution in [0.3, 0.4) is 0 Å². The van der Waals surface area contributed by atoms with E-state index >= 15 is 0 Å². The molecular weight excluding hydrogens is 642 g/mol. The molecule has 0 radical (unpaired) electrons. The zero-order valence-corrected chi connectivity index (χ0v) is 27.7. The molecule has 0 fully saturated rings. The number of nitrogens with one attached hydrogen (secondary N) is 2. The number of aliphatic hydroxyl groups is 4. The second kappa shape index (κ2) is 16.0. The van der Waals surface area contributed by atoms with Crippen molar-refractivity contribution in [2.45, 2.75) is 58.0 Å². The first-order valence-electron chi connectivity index (χ1n) is 16.5. The third kappa shape index (κ3) is 7.53. The molecule has 2 aliphatic heterocycles. The summed E-state index contributed by atoms with van der Waals surface area (Å²) in [5.74, 6) is 1.58. The summed E-state index contributed by atoms with van der Waals surface area (Å²) in [4.78, 5) is 18.3. The Morgan fingerprint density at radius 1 is 0.760 bits per heavy atom. The summed E-state index contributed by atoms with van der Waals surface area (Å²) < 4.78 is 17.6. The van der Waals surface area contributed by atoms with Crippen molar-refractivity contribution >= 4 is 17.3 Å². The van der Waals surface area contributed by atoms with Crippen LogP contribution in [0.15, 0.2) is 78.0 Å². The fraction of sp³-hybridized carbons (Fsp3) is 0.316. The van der Waals surface area contributed by atoms with Gasteiger partial charge in [-0.3, -0.25) is 4.79 Å². The van der Waals surface area contributed by atoms with Crippen molar-refractivity contribution in [2.75, 3.05) is 25.6 Å². The summed E-state index contributed by atoms with van der Waals surface area (Å²) >= 11 is 0. The molecule has 4 aromatic rings. The molecule has 262 valence electrons. The van der Waals surface area contributed by atoms with Crippen LogP contribution in [0.25, 0.3) is 0 Å². The van der Waals surface area contributed by atoms with E-state index in [1.807, 2.05) is 54.6 Å². The van der Waals surface area contributed by atoms with E-state index in [0.29, 0.717) is 88.8 Å². The third-order valence-corrected chi connectivity index (χ3v) is 8.88. The van der Waals surface area contributed by atoms with Crippen LogP contribution in [0.4, 0.5) is 5.69 Å². The van der Waals surface area contributed by atoms with E-state index in [1.165, 1.54) is 0 Å². The van der Waals surface area contributed by atoms with Crippen molar-refractivity contribution in [3.05, 3.63) is 117 Å². The number of aliphatic hydroxyl groups excluding tert-OH is 4. The lowest BCUT2D eigenvalue weighted by Crippen LogP contribution is -2.38. The quantitative estimate of drug-likeness (QED) is 0.0972. The minimum Gasteiger partial charge on any atom is -0.493 e. The number of ether oxygens (including phenoxy) is 3. The summed E-state index contributed by atoms with van der Waals surface area (Å²) in [6, 6.07) is 22.0. The van der Waals surface area contributed by atoms with Crippen LogP contribution in [0.1, 0.15) is 80.8 Å². The maximum Gasteiger partial charge on any atom is 0.255 e. The monoisotopic (exact) mass is 683 g/mol. The fourth-order valence-electron chi connectivity index (χ4n) is 6.17. The van der Waals surface area contributed by atoms with Crippen LogP contribution < -0.4 is 24.8 Å². The highest BCUT2D eigenvalue weighted by Crippen LogP contribution is 2.36. The Hall–Kier alpha value is -5.14. The molecule has 2 atom stereocenters. The van der Waals surface area contributed by atoms with Gasteiger partial charge < -0.3 is 50.1 Å². The zero-order chi connectivity index (χ0) is 35.0. The van der Waals surface area contributed by atoms with Crippen molar-refractivity contribution in [1.29, 1.82) is 0 Å². The molecule has 0 saturated carbocycles. The third-order valence-electron chi connectivity index (χ3n) is 8.88. The topological polar surface area (TPSA) is 171 Å². The van der Waals surface area contributed by atoms with Crippen molar-refractivity contribution in [2.24, 2.45) is 5.16 Å². The summed E-state index contributed by atoms with van der Waals surface area (Å²) in [5.41, 5.74) is 6.60. The Morgan fingerprint density at radius 3 is 2.14 bits per heavy atom. The maximum absolute atomic E-state index is 12.6. The minimum absolute atomic E-state index is 0.158. The number of oxime groups is 1. The number of methoxy groups -OCH3 is 1. The number of fused-ring (bicyclic) bond motifs is 1. The van der Waals surface area contributed by atoms with Crippen LogP contribution in [-0.4, -0.2) is 52.4 Å². The molecule has 0 spiro atoms. The Kier molecular flexibility index (Phi) is 11.1. The van der Waals surface area contributed by atoms with Gasteiger partial charge in [-0.2, -0.15) is 0 Å². The summed E-state index contributed by atoms with van der Waals surface area (Å²) in [6.07, 6.45) is 1.08. The highest BCUT2D eigenvalue weighted by atomic mass is 16.6. The lowest BCUT2D eigenvalue weighted by Gasteiger charge is -2.28. The first-order chi connectivity index (χ1) is 24.5. The van der Waals surface area contributed by atoms with Crippen molar-refractivity contribution in [1.82, 2.24) is 5.32 Å². The number of amides is 1. The van der Waals surface area contributed by atoms with E-state index in [2.05, 4.69) is 15.8 Å². The molecule has 12 heteroatoms. The number of unbranched alkanes of at least 4 members (excludes halogenated alkanes) is 1. The zero-order valence-electron chi connectivity index (χ0n) is 27.7. The molecule has 2 unspecified atom stereocenters. The van der Waals surface area contributed by atoms with E-state index in [9.17, 15) is 25.2 Å². The van der Waals surface area contributed by atoms with Gasteiger partial charge in [0.2, 0.25) is 0 Å². The molecule has 0 bridgehead atoms. The highest BCUT2D eigenvalue weighted by molar-refractivity contribution is 6.02. The largest absolute Gasteiger partial charge is 0.493 e.